The first kappa shape index (κ1) is 17.8. The van der Waals surface area contributed by atoms with E-state index in [4.69, 9.17) is 27.9 Å². The predicted molar refractivity (Wildman–Crippen MR) is 73.4 cm³/mol. The van der Waals surface area contributed by atoms with E-state index in [0.717, 1.165) is 11.3 Å². The van der Waals surface area contributed by atoms with Crippen LogP contribution in [-0.4, -0.2) is 6.61 Å². The number of benzene rings is 1. The third-order valence-electron chi connectivity index (χ3n) is 2.11. The molecule has 0 amide bonds. The monoisotopic (exact) mass is 456 g/mol. The molecule has 0 aliphatic carbocycles. The SMILES string of the molecule is CC(C)COc1c(Cl)cc(C2=C[N-]2)cc1Cl.[NH2-].[W+2]. The number of rotatable bonds is 4. The van der Waals surface area contributed by atoms with Crippen LogP contribution >= 0.6 is 23.2 Å². The molecular formula is C12H14Cl2N2OW. The number of nitrogens with zero attached hydrogens (tertiary/aromatic N) is 1. The van der Waals surface area contributed by atoms with Crippen molar-refractivity contribution in [3.8, 4) is 5.75 Å². The van der Waals surface area contributed by atoms with Crippen LogP contribution in [0, 0.1) is 5.92 Å². The van der Waals surface area contributed by atoms with E-state index < -0.39 is 0 Å². The van der Waals surface area contributed by atoms with Crippen molar-refractivity contribution in [3.05, 3.63) is 45.4 Å². The van der Waals surface area contributed by atoms with Crippen molar-refractivity contribution in [3.63, 3.8) is 0 Å². The zero-order chi connectivity index (χ0) is 11.7. The van der Waals surface area contributed by atoms with Gasteiger partial charge in [0.1, 0.15) is 0 Å². The number of hydrogen-bond acceptors (Lipinski definition) is 1. The summed E-state index contributed by atoms with van der Waals surface area (Å²) in [4.78, 5) is 0. The first-order valence-corrected chi connectivity index (χ1v) is 5.86. The Kier molecular flexibility index (Phi) is 7.31. The van der Waals surface area contributed by atoms with Crippen molar-refractivity contribution >= 4 is 28.9 Å². The zero-order valence-electron chi connectivity index (χ0n) is 10.1. The maximum atomic E-state index is 6.11. The Balaban J connectivity index is 0.00000144. The molecule has 0 saturated heterocycles. The molecular weight excluding hydrogens is 443 g/mol. The molecule has 0 aromatic heterocycles. The van der Waals surface area contributed by atoms with Crippen LogP contribution in [0.1, 0.15) is 19.4 Å². The minimum absolute atomic E-state index is 0. The molecule has 18 heavy (non-hydrogen) atoms. The van der Waals surface area contributed by atoms with Gasteiger partial charge in [-0.2, -0.15) is 11.9 Å². The van der Waals surface area contributed by atoms with E-state index in [-0.39, 0.29) is 27.2 Å². The molecule has 2 N–H and O–H groups in total. The number of nitrogens with two attached hydrogens (primary N) is 1. The van der Waals surface area contributed by atoms with Crippen LogP contribution in [0.3, 0.4) is 0 Å². The molecule has 98 valence electrons. The number of ether oxygens (including phenoxy) is 1. The largest absolute Gasteiger partial charge is 2.00 e. The van der Waals surface area contributed by atoms with Crippen molar-refractivity contribution in [2.75, 3.05) is 6.61 Å². The Labute approximate surface area is 132 Å². The molecule has 1 heterocycles. The van der Waals surface area contributed by atoms with Crippen molar-refractivity contribution in [1.82, 2.24) is 0 Å². The second-order valence-corrected chi connectivity index (χ2v) is 4.93. The Bertz CT molecular complexity index is 427. The fourth-order valence-corrected chi connectivity index (χ4v) is 1.87. The molecule has 0 radical (unpaired) electrons. The predicted octanol–water partition coefficient (Wildman–Crippen LogP) is 5.43. The van der Waals surface area contributed by atoms with Gasteiger partial charge in [0.15, 0.2) is 5.75 Å². The number of hydrogen-bond donors (Lipinski definition) is 0. The summed E-state index contributed by atoms with van der Waals surface area (Å²) in [6.07, 6.45) is 1.77. The zero-order valence-corrected chi connectivity index (χ0v) is 14.6. The van der Waals surface area contributed by atoms with E-state index >= 15 is 0 Å². The average molecular weight is 457 g/mol. The Morgan fingerprint density at radius 2 is 1.72 bits per heavy atom. The molecule has 1 aliphatic rings. The fourth-order valence-electron chi connectivity index (χ4n) is 1.28. The van der Waals surface area contributed by atoms with Crippen molar-refractivity contribution in [1.29, 1.82) is 0 Å². The third kappa shape index (κ3) is 4.47. The van der Waals surface area contributed by atoms with Crippen LogP contribution in [0.25, 0.3) is 17.2 Å². The second-order valence-electron chi connectivity index (χ2n) is 4.12. The van der Waals surface area contributed by atoms with Crippen LogP contribution < -0.4 is 4.74 Å². The van der Waals surface area contributed by atoms with Gasteiger partial charge in [0.25, 0.3) is 0 Å². The molecule has 6 heteroatoms. The van der Waals surface area contributed by atoms with Gasteiger partial charge in [-0.3, -0.25) is 0 Å². The van der Waals surface area contributed by atoms with Gasteiger partial charge in [-0.1, -0.05) is 37.0 Å². The molecule has 0 spiro atoms. The standard InChI is InChI=1S/C12H12Cl2NO.H2N.W/c1-7(2)6-16-12-9(13)3-8(4-10(12)14)11-5-15-11;;/h3-5,7H,6H2,1-2H3;1H2;/q2*-1;+2. The molecule has 0 atom stereocenters. The first-order chi connectivity index (χ1) is 7.58. The molecule has 0 bridgehead atoms. The van der Waals surface area contributed by atoms with E-state index in [9.17, 15) is 0 Å². The maximum Gasteiger partial charge on any atom is 2.00 e. The Morgan fingerprint density at radius 1 is 1.22 bits per heavy atom. The summed E-state index contributed by atoms with van der Waals surface area (Å²) in [5.74, 6) is 0.995. The summed E-state index contributed by atoms with van der Waals surface area (Å²) in [5.41, 5.74) is 1.87. The van der Waals surface area contributed by atoms with E-state index in [1.807, 2.05) is 12.1 Å². The molecule has 0 fully saturated rings. The van der Waals surface area contributed by atoms with E-state index in [1.165, 1.54) is 0 Å². The van der Waals surface area contributed by atoms with Gasteiger partial charge >= 0.3 is 21.1 Å². The molecule has 0 saturated carbocycles. The Hall–Kier alpha value is -0.212. The fraction of sp³-hybridized carbons (Fsp3) is 0.333. The third-order valence-corrected chi connectivity index (χ3v) is 2.67. The van der Waals surface area contributed by atoms with Crippen molar-refractivity contribution in [2.24, 2.45) is 5.92 Å². The van der Waals surface area contributed by atoms with Gasteiger partial charge in [0, 0.05) is 0 Å². The smallest absolute Gasteiger partial charge is 0.693 e. The summed E-state index contributed by atoms with van der Waals surface area (Å²) >= 11 is 12.2. The van der Waals surface area contributed by atoms with Gasteiger partial charge < -0.3 is 16.2 Å². The van der Waals surface area contributed by atoms with Gasteiger partial charge in [0.2, 0.25) is 0 Å². The second kappa shape index (κ2) is 7.40. The van der Waals surface area contributed by atoms with Gasteiger partial charge in [0.05, 0.1) is 16.7 Å². The van der Waals surface area contributed by atoms with Crippen molar-refractivity contribution in [2.45, 2.75) is 13.8 Å². The molecule has 1 aromatic carbocycles. The normalized spacial score (nSPS) is 11.9. The van der Waals surface area contributed by atoms with Crippen molar-refractivity contribution < 1.29 is 25.8 Å². The molecule has 2 rings (SSSR count). The molecule has 0 unspecified atom stereocenters. The number of halogens is 2. The quantitative estimate of drug-likeness (QED) is 0.596. The van der Waals surface area contributed by atoms with E-state index in [1.54, 1.807) is 6.20 Å². The van der Waals surface area contributed by atoms with Gasteiger partial charge in [-0.05, 0) is 23.6 Å². The van der Waals surface area contributed by atoms with E-state index in [0.29, 0.717) is 28.3 Å². The minimum Gasteiger partial charge on any atom is -0.693 e. The summed E-state index contributed by atoms with van der Waals surface area (Å²) in [6.45, 7) is 4.75. The summed E-state index contributed by atoms with van der Waals surface area (Å²) in [6, 6.07) is 3.65. The minimum atomic E-state index is 0. The van der Waals surface area contributed by atoms with Crippen LogP contribution in [0.5, 0.6) is 5.75 Å². The van der Waals surface area contributed by atoms with Gasteiger partial charge in [-0.15, -0.1) is 0 Å². The first-order valence-electron chi connectivity index (χ1n) is 5.11. The topological polar surface area (TPSA) is 56.8 Å². The maximum absolute atomic E-state index is 6.11. The molecule has 1 aromatic rings. The Morgan fingerprint density at radius 3 is 2.11 bits per heavy atom. The van der Waals surface area contributed by atoms with Crippen LogP contribution in [0.15, 0.2) is 18.3 Å². The molecule has 1 aliphatic heterocycles. The summed E-state index contributed by atoms with van der Waals surface area (Å²) in [7, 11) is 0. The summed E-state index contributed by atoms with van der Waals surface area (Å²) in [5, 5.41) is 5.06. The van der Waals surface area contributed by atoms with E-state index in [2.05, 4.69) is 19.2 Å². The van der Waals surface area contributed by atoms with Gasteiger partial charge in [-0.25, -0.2) is 0 Å². The summed E-state index contributed by atoms with van der Waals surface area (Å²) < 4.78 is 5.57. The molecule has 3 nitrogen and oxygen atoms in total. The van der Waals surface area contributed by atoms with Crippen LogP contribution in [0.4, 0.5) is 0 Å². The average Bonchev–Trinajstić information content (AvgIpc) is 2.98. The van der Waals surface area contributed by atoms with Crippen LogP contribution in [-0.2, 0) is 21.1 Å². The van der Waals surface area contributed by atoms with Crippen LogP contribution in [0.2, 0.25) is 10.0 Å².